The van der Waals surface area contributed by atoms with E-state index in [0.717, 1.165) is 19.2 Å². The maximum Gasteiger partial charge on any atom is 0.129 e. The summed E-state index contributed by atoms with van der Waals surface area (Å²) in [6, 6.07) is 3.79. The van der Waals surface area contributed by atoms with Gasteiger partial charge in [0.1, 0.15) is 11.6 Å². The number of halogens is 2. The van der Waals surface area contributed by atoms with Gasteiger partial charge in [-0.25, -0.2) is 8.78 Å². The molecule has 1 nitrogen and oxygen atoms in total. The molecule has 0 aliphatic heterocycles. The van der Waals surface area contributed by atoms with Crippen LogP contribution in [0.5, 0.6) is 0 Å². The summed E-state index contributed by atoms with van der Waals surface area (Å²) in [6.45, 7) is 10.2. The summed E-state index contributed by atoms with van der Waals surface area (Å²) in [6.07, 6.45) is 0.608. The summed E-state index contributed by atoms with van der Waals surface area (Å²) in [4.78, 5) is 2.27. The molecule has 17 heavy (non-hydrogen) atoms. The standard InChI is InChI=1S/C14H21F2N/c1-5-17(14(2,3)4)9-8-11-6-7-12(15)10-13(11)16/h6-7,10H,5,8-9H2,1-4H3. The number of hydrogen-bond acceptors (Lipinski definition) is 1. The molecule has 96 valence electrons. The molecule has 0 atom stereocenters. The second-order valence-electron chi connectivity index (χ2n) is 5.24. The van der Waals surface area contributed by atoms with Crippen molar-refractivity contribution in [3.05, 3.63) is 35.4 Å². The molecular formula is C14H21F2N. The summed E-state index contributed by atoms with van der Waals surface area (Å²) in [7, 11) is 0. The third kappa shape index (κ3) is 4.08. The summed E-state index contributed by atoms with van der Waals surface area (Å²) >= 11 is 0. The zero-order valence-electron chi connectivity index (χ0n) is 11.1. The predicted molar refractivity (Wildman–Crippen MR) is 67.1 cm³/mol. The van der Waals surface area contributed by atoms with Crippen LogP contribution in [0.3, 0.4) is 0 Å². The summed E-state index contributed by atoms with van der Waals surface area (Å²) in [5.41, 5.74) is 0.653. The van der Waals surface area contributed by atoms with Gasteiger partial charge in [-0.15, -0.1) is 0 Å². The molecule has 0 amide bonds. The van der Waals surface area contributed by atoms with E-state index in [4.69, 9.17) is 0 Å². The largest absolute Gasteiger partial charge is 0.298 e. The molecule has 0 fully saturated rings. The van der Waals surface area contributed by atoms with Gasteiger partial charge in [0.15, 0.2) is 0 Å². The van der Waals surface area contributed by atoms with Crippen LogP contribution in [0.25, 0.3) is 0 Å². The highest BCUT2D eigenvalue weighted by atomic mass is 19.1. The Kier molecular flexibility index (Phi) is 4.63. The van der Waals surface area contributed by atoms with Crippen molar-refractivity contribution in [2.24, 2.45) is 0 Å². The average Bonchev–Trinajstić information content (AvgIpc) is 2.19. The Morgan fingerprint density at radius 2 is 1.82 bits per heavy atom. The van der Waals surface area contributed by atoms with Crippen molar-refractivity contribution >= 4 is 0 Å². The molecule has 0 spiro atoms. The SMILES string of the molecule is CCN(CCc1ccc(F)cc1F)C(C)(C)C. The second kappa shape index (κ2) is 5.58. The fourth-order valence-corrected chi connectivity index (χ4v) is 1.95. The van der Waals surface area contributed by atoms with E-state index < -0.39 is 11.6 Å². The first-order valence-electron chi connectivity index (χ1n) is 6.03. The summed E-state index contributed by atoms with van der Waals surface area (Å²) in [5, 5.41) is 0. The van der Waals surface area contributed by atoms with Crippen LogP contribution in [0.4, 0.5) is 8.78 Å². The van der Waals surface area contributed by atoms with Gasteiger partial charge < -0.3 is 0 Å². The molecular weight excluding hydrogens is 220 g/mol. The minimum atomic E-state index is -0.519. The van der Waals surface area contributed by atoms with Crippen molar-refractivity contribution in [2.75, 3.05) is 13.1 Å². The van der Waals surface area contributed by atoms with E-state index in [-0.39, 0.29) is 5.54 Å². The van der Waals surface area contributed by atoms with Gasteiger partial charge in [-0.2, -0.15) is 0 Å². The molecule has 1 rings (SSSR count). The van der Waals surface area contributed by atoms with Gasteiger partial charge in [-0.05, 0) is 45.4 Å². The first-order chi connectivity index (χ1) is 7.84. The molecule has 0 bridgehead atoms. The van der Waals surface area contributed by atoms with Crippen molar-refractivity contribution in [1.82, 2.24) is 4.90 Å². The average molecular weight is 241 g/mol. The van der Waals surface area contributed by atoms with Crippen molar-refractivity contribution < 1.29 is 8.78 Å². The van der Waals surface area contributed by atoms with Crippen molar-refractivity contribution in [1.29, 1.82) is 0 Å². The third-order valence-corrected chi connectivity index (χ3v) is 3.00. The molecule has 0 saturated heterocycles. The molecule has 0 saturated carbocycles. The van der Waals surface area contributed by atoms with Crippen molar-refractivity contribution in [3.63, 3.8) is 0 Å². The first kappa shape index (κ1) is 14.1. The smallest absolute Gasteiger partial charge is 0.129 e. The number of rotatable bonds is 4. The van der Waals surface area contributed by atoms with E-state index in [0.29, 0.717) is 12.0 Å². The minimum Gasteiger partial charge on any atom is -0.298 e. The van der Waals surface area contributed by atoms with E-state index >= 15 is 0 Å². The maximum atomic E-state index is 13.4. The lowest BCUT2D eigenvalue weighted by atomic mass is 10.0. The van der Waals surface area contributed by atoms with Crippen LogP contribution < -0.4 is 0 Å². The van der Waals surface area contributed by atoms with Crippen molar-refractivity contribution in [3.8, 4) is 0 Å². The topological polar surface area (TPSA) is 3.24 Å². The number of benzene rings is 1. The summed E-state index contributed by atoms with van der Waals surface area (Å²) in [5.74, 6) is -0.968. The van der Waals surface area contributed by atoms with E-state index in [2.05, 4.69) is 32.6 Å². The zero-order chi connectivity index (χ0) is 13.1. The Balaban J connectivity index is 2.66. The molecule has 1 aromatic rings. The molecule has 0 radical (unpaired) electrons. The van der Waals surface area contributed by atoms with Crippen LogP contribution in [-0.2, 0) is 6.42 Å². The normalized spacial score (nSPS) is 12.2. The number of hydrogen-bond donors (Lipinski definition) is 0. The lowest BCUT2D eigenvalue weighted by Gasteiger charge is -2.34. The van der Waals surface area contributed by atoms with Crippen LogP contribution in [0.2, 0.25) is 0 Å². The van der Waals surface area contributed by atoms with Gasteiger partial charge >= 0.3 is 0 Å². The van der Waals surface area contributed by atoms with Gasteiger partial charge in [0.25, 0.3) is 0 Å². The molecule has 0 unspecified atom stereocenters. The fourth-order valence-electron chi connectivity index (χ4n) is 1.95. The third-order valence-electron chi connectivity index (χ3n) is 3.00. The Hall–Kier alpha value is -0.960. The lowest BCUT2D eigenvalue weighted by Crippen LogP contribution is -2.42. The van der Waals surface area contributed by atoms with Gasteiger partial charge in [-0.1, -0.05) is 13.0 Å². The first-order valence-corrected chi connectivity index (χ1v) is 6.03. The molecule has 0 N–H and O–H groups in total. The number of nitrogens with zero attached hydrogens (tertiary/aromatic N) is 1. The molecule has 3 heteroatoms. The highest BCUT2D eigenvalue weighted by molar-refractivity contribution is 5.18. The van der Waals surface area contributed by atoms with Crippen LogP contribution in [0.1, 0.15) is 33.3 Å². The van der Waals surface area contributed by atoms with Crippen LogP contribution in [0.15, 0.2) is 18.2 Å². The van der Waals surface area contributed by atoms with Gasteiger partial charge in [0.05, 0.1) is 0 Å². The Morgan fingerprint density at radius 1 is 1.18 bits per heavy atom. The monoisotopic (exact) mass is 241 g/mol. The predicted octanol–water partition coefficient (Wildman–Crippen LogP) is 3.63. The van der Waals surface area contributed by atoms with E-state index in [9.17, 15) is 8.78 Å². The van der Waals surface area contributed by atoms with Crippen LogP contribution in [-0.4, -0.2) is 23.5 Å². The fraction of sp³-hybridized carbons (Fsp3) is 0.571. The second-order valence-corrected chi connectivity index (χ2v) is 5.24. The summed E-state index contributed by atoms with van der Waals surface area (Å²) < 4.78 is 26.2. The molecule has 1 aromatic carbocycles. The highest BCUT2D eigenvalue weighted by Gasteiger charge is 2.19. The highest BCUT2D eigenvalue weighted by Crippen LogP contribution is 2.15. The quantitative estimate of drug-likeness (QED) is 0.778. The molecule has 0 aliphatic carbocycles. The maximum absolute atomic E-state index is 13.4. The van der Waals surface area contributed by atoms with Crippen LogP contribution >= 0.6 is 0 Å². The Morgan fingerprint density at radius 3 is 2.29 bits per heavy atom. The lowest BCUT2D eigenvalue weighted by molar-refractivity contribution is 0.146. The van der Waals surface area contributed by atoms with Gasteiger partial charge in [0, 0.05) is 18.2 Å². The Bertz CT molecular complexity index is 369. The number of likely N-dealkylation sites (N-methyl/N-ethyl adjacent to an activating group) is 1. The van der Waals surface area contributed by atoms with Gasteiger partial charge in [0.2, 0.25) is 0 Å². The minimum absolute atomic E-state index is 0.0747. The van der Waals surface area contributed by atoms with Gasteiger partial charge in [-0.3, -0.25) is 4.90 Å². The Labute approximate surface area is 102 Å². The van der Waals surface area contributed by atoms with E-state index in [1.807, 2.05) is 0 Å². The molecule has 0 aromatic heterocycles. The van der Waals surface area contributed by atoms with Crippen molar-refractivity contribution in [2.45, 2.75) is 39.7 Å². The zero-order valence-corrected chi connectivity index (χ0v) is 11.1. The van der Waals surface area contributed by atoms with E-state index in [1.165, 1.54) is 12.1 Å². The molecule has 0 heterocycles. The van der Waals surface area contributed by atoms with Crippen LogP contribution in [0, 0.1) is 11.6 Å². The molecule has 0 aliphatic rings. The van der Waals surface area contributed by atoms with E-state index in [1.54, 1.807) is 0 Å².